The van der Waals surface area contributed by atoms with E-state index >= 15 is 0 Å². The minimum absolute atomic E-state index is 0. The van der Waals surface area contributed by atoms with Crippen molar-refractivity contribution in [2.24, 2.45) is 5.92 Å². The van der Waals surface area contributed by atoms with Crippen molar-refractivity contribution in [3.63, 3.8) is 0 Å². The first-order valence-corrected chi connectivity index (χ1v) is 3.78. The van der Waals surface area contributed by atoms with Gasteiger partial charge in [-0.3, -0.25) is 6.54 Å². The van der Waals surface area contributed by atoms with Gasteiger partial charge in [0, 0.05) is 20.4 Å². The molecule has 1 radical (unpaired) electrons. The summed E-state index contributed by atoms with van der Waals surface area (Å²) in [4.78, 5) is 0. The van der Waals surface area contributed by atoms with Gasteiger partial charge < -0.3 is 5.32 Å². The maximum atomic E-state index is 3.10. The molecular weight excluding hydrogens is 296 g/mol. The molecule has 63 valence electrons. The molecule has 2 heteroatoms. The van der Waals surface area contributed by atoms with Crippen LogP contribution >= 0.6 is 0 Å². The fourth-order valence-electron chi connectivity index (χ4n) is 0.510. The predicted octanol–water partition coefficient (Wildman–Crippen LogP) is 2.19. The Morgan fingerprint density at radius 3 is 1.90 bits per heavy atom. The molecular formula is C8H18NRe-. The summed E-state index contributed by atoms with van der Waals surface area (Å²) in [5, 5.41) is 3.10. The maximum Gasteiger partial charge on any atom is 0 e. The Kier molecular flexibility index (Phi) is 12.7. The third kappa shape index (κ3) is 15.8. The minimum Gasteiger partial charge on any atom is -0.470 e. The van der Waals surface area contributed by atoms with Crippen LogP contribution < -0.4 is 5.32 Å². The SMILES string of the molecule is CC(C)C.[CH-]1CCCN1.[Re]. The minimum atomic E-state index is 0. The third-order valence-electron chi connectivity index (χ3n) is 0.814. The van der Waals surface area contributed by atoms with Crippen molar-refractivity contribution in [2.75, 3.05) is 6.54 Å². The molecule has 1 heterocycles. The van der Waals surface area contributed by atoms with E-state index in [1.165, 1.54) is 19.4 Å². The van der Waals surface area contributed by atoms with Crippen molar-refractivity contribution in [2.45, 2.75) is 33.6 Å². The quantitative estimate of drug-likeness (QED) is 0.676. The first-order valence-electron chi connectivity index (χ1n) is 3.78. The molecule has 1 fully saturated rings. The van der Waals surface area contributed by atoms with E-state index in [2.05, 4.69) is 32.6 Å². The van der Waals surface area contributed by atoms with Gasteiger partial charge in [0.1, 0.15) is 0 Å². The van der Waals surface area contributed by atoms with Crippen LogP contribution in [0.25, 0.3) is 0 Å². The van der Waals surface area contributed by atoms with Crippen LogP contribution in [-0.4, -0.2) is 6.54 Å². The number of hydrogen-bond donors (Lipinski definition) is 1. The Bertz CT molecular complexity index is 40.9. The summed E-state index contributed by atoms with van der Waals surface area (Å²) in [5.41, 5.74) is 0. The molecule has 0 unspecified atom stereocenters. The van der Waals surface area contributed by atoms with Gasteiger partial charge in [-0.2, -0.15) is 6.42 Å². The van der Waals surface area contributed by atoms with Crippen molar-refractivity contribution in [3.05, 3.63) is 6.54 Å². The van der Waals surface area contributed by atoms with E-state index in [9.17, 15) is 0 Å². The second-order valence-corrected chi connectivity index (χ2v) is 3.03. The van der Waals surface area contributed by atoms with E-state index in [0.29, 0.717) is 0 Å². The zero-order valence-electron chi connectivity index (χ0n) is 7.15. The molecule has 1 nitrogen and oxygen atoms in total. The van der Waals surface area contributed by atoms with Gasteiger partial charge in [0.05, 0.1) is 0 Å². The summed E-state index contributed by atoms with van der Waals surface area (Å²) >= 11 is 0. The Morgan fingerprint density at radius 1 is 1.30 bits per heavy atom. The summed E-state index contributed by atoms with van der Waals surface area (Å²) in [6, 6.07) is 0. The molecule has 0 aliphatic carbocycles. The summed E-state index contributed by atoms with van der Waals surface area (Å²) in [5.74, 6) is 0.833. The van der Waals surface area contributed by atoms with Crippen LogP contribution in [0.5, 0.6) is 0 Å². The van der Waals surface area contributed by atoms with Crippen LogP contribution in [0.2, 0.25) is 0 Å². The molecule has 0 saturated carbocycles. The standard InChI is InChI=1S/C4H8N.C4H10.Re/c1-2-4-5-3-1;1-4(2)3;/h3,5H,1-2,4H2;4H,1-3H3;/q-1;;. The Balaban J connectivity index is 0. The molecule has 0 aromatic heterocycles. The maximum absolute atomic E-state index is 3.10. The van der Waals surface area contributed by atoms with Crippen LogP contribution in [0.1, 0.15) is 33.6 Å². The van der Waals surface area contributed by atoms with E-state index in [1.54, 1.807) is 0 Å². The van der Waals surface area contributed by atoms with E-state index in [4.69, 9.17) is 0 Å². The van der Waals surface area contributed by atoms with Crippen LogP contribution in [0, 0.1) is 12.5 Å². The molecule has 10 heavy (non-hydrogen) atoms. The third-order valence-corrected chi connectivity index (χ3v) is 0.814. The zero-order chi connectivity index (χ0) is 7.11. The fraction of sp³-hybridized carbons (Fsp3) is 0.875. The van der Waals surface area contributed by atoms with E-state index in [0.717, 1.165) is 5.92 Å². The van der Waals surface area contributed by atoms with E-state index in [1.807, 2.05) is 0 Å². The van der Waals surface area contributed by atoms with Crippen LogP contribution in [0.4, 0.5) is 0 Å². The molecule has 0 aromatic rings. The van der Waals surface area contributed by atoms with Crippen LogP contribution in [0.3, 0.4) is 0 Å². The predicted molar refractivity (Wildman–Crippen MR) is 42.0 cm³/mol. The summed E-state index contributed by atoms with van der Waals surface area (Å²) in [6.45, 7) is 9.81. The van der Waals surface area contributed by atoms with Crippen molar-refractivity contribution >= 4 is 0 Å². The van der Waals surface area contributed by atoms with Crippen molar-refractivity contribution in [1.29, 1.82) is 0 Å². The molecule has 1 rings (SSSR count). The molecule has 1 N–H and O–H groups in total. The van der Waals surface area contributed by atoms with Crippen molar-refractivity contribution < 1.29 is 20.4 Å². The van der Waals surface area contributed by atoms with Crippen molar-refractivity contribution in [1.82, 2.24) is 5.32 Å². The van der Waals surface area contributed by atoms with E-state index < -0.39 is 0 Å². The molecule has 0 atom stereocenters. The summed E-state index contributed by atoms with van der Waals surface area (Å²) in [7, 11) is 0. The monoisotopic (exact) mass is 315 g/mol. The largest absolute Gasteiger partial charge is 0.470 e. The smallest absolute Gasteiger partial charge is 0 e. The average Bonchev–Trinajstić information content (AvgIpc) is 2.11. The average molecular weight is 314 g/mol. The van der Waals surface area contributed by atoms with Gasteiger partial charge in [-0.25, -0.2) is 0 Å². The van der Waals surface area contributed by atoms with E-state index in [-0.39, 0.29) is 20.4 Å². The molecule has 0 spiro atoms. The van der Waals surface area contributed by atoms with Gasteiger partial charge in [0.25, 0.3) is 0 Å². The molecule has 1 aliphatic heterocycles. The first-order chi connectivity index (χ1) is 4.23. The molecule has 0 bridgehead atoms. The topological polar surface area (TPSA) is 12.0 Å². The van der Waals surface area contributed by atoms with Gasteiger partial charge in [-0.15, -0.1) is 0 Å². The van der Waals surface area contributed by atoms with Gasteiger partial charge in [0.2, 0.25) is 0 Å². The Morgan fingerprint density at radius 2 is 1.80 bits per heavy atom. The van der Waals surface area contributed by atoms with Gasteiger partial charge in [-0.1, -0.05) is 27.2 Å². The van der Waals surface area contributed by atoms with Gasteiger partial charge in [-0.05, 0) is 12.5 Å². The Labute approximate surface area is 78.6 Å². The number of rotatable bonds is 0. The fourth-order valence-corrected chi connectivity index (χ4v) is 0.510. The van der Waals surface area contributed by atoms with Gasteiger partial charge >= 0.3 is 0 Å². The normalized spacial score (nSPS) is 15.6. The molecule has 1 saturated heterocycles. The molecule has 0 amide bonds. The number of hydrogen-bond acceptors (Lipinski definition) is 1. The second-order valence-electron chi connectivity index (χ2n) is 3.03. The molecule has 0 aromatic carbocycles. The van der Waals surface area contributed by atoms with Crippen molar-refractivity contribution in [3.8, 4) is 0 Å². The molecule has 1 aliphatic rings. The van der Waals surface area contributed by atoms with Gasteiger partial charge in [0.15, 0.2) is 0 Å². The second kappa shape index (κ2) is 9.62. The summed E-state index contributed by atoms with van der Waals surface area (Å²) < 4.78 is 0. The number of nitrogens with one attached hydrogen (secondary N) is 1. The van der Waals surface area contributed by atoms with Crippen LogP contribution in [0.15, 0.2) is 0 Å². The summed E-state index contributed by atoms with van der Waals surface area (Å²) in [6.07, 6.45) is 2.60. The zero-order valence-corrected chi connectivity index (χ0v) is 9.87. The van der Waals surface area contributed by atoms with Crippen LogP contribution in [-0.2, 0) is 20.4 Å². The Hall–Kier alpha value is 0.622. The first kappa shape index (κ1) is 13.2.